The molecular weight excluding hydrogens is 525 g/mol. The first kappa shape index (κ1) is 27.0. The minimum Gasteiger partial charge on any atom is -0.440 e. The number of fused-ring (bicyclic) bond motifs is 2. The Hall–Kier alpha value is -4.60. The van der Waals surface area contributed by atoms with Crippen molar-refractivity contribution in [2.45, 2.75) is 45.6 Å². The number of nitrogens with zero attached hydrogens (tertiary/aromatic N) is 1. The Morgan fingerprint density at radius 3 is 2.50 bits per heavy atom. The van der Waals surface area contributed by atoms with Gasteiger partial charge in [-0.25, -0.2) is 9.59 Å². The number of hydrogen-bond acceptors (Lipinski definition) is 7. The highest BCUT2D eigenvalue weighted by atomic mass is 19.4. The van der Waals surface area contributed by atoms with Crippen LogP contribution in [0.4, 0.5) is 24.7 Å². The standard InChI is InChI=1S/C30H25F3N2O5/c1-16-12-22(17(2)34-24-11-7-6-10-21(24)28(37)40-29(38)30(31,32)33)27-23(13-16)25(36)14-26(39-27)35-15-19-8-4-5-9-20(19)18(35)3/h4-14,17-18,34H,15H2,1-3H3/t17?,18-/m0/s1. The molecule has 40 heavy (non-hydrogen) atoms. The van der Waals surface area contributed by atoms with Gasteiger partial charge < -0.3 is 19.4 Å². The van der Waals surface area contributed by atoms with Gasteiger partial charge in [0.15, 0.2) is 5.43 Å². The van der Waals surface area contributed by atoms with Gasteiger partial charge in [0.25, 0.3) is 0 Å². The zero-order valence-electron chi connectivity index (χ0n) is 21.8. The van der Waals surface area contributed by atoms with Crippen LogP contribution in [0.5, 0.6) is 0 Å². The molecule has 1 aliphatic heterocycles. The molecule has 4 aromatic rings. The lowest BCUT2D eigenvalue weighted by Crippen LogP contribution is -2.28. The van der Waals surface area contributed by atoms with Crippen LogP contribution in [-0.2, 0) is 16.1 Å². The third kappa shape index (κ3) is 5.04. The minimum atomic E-state index is -5.31. The van der Waals surface area contributed by atoms with Gasteiger partial charge in [0, 0.05) is 23.9 Å². The number of halogens is 3. The molecule has 2 heterocycles. The molecule has 1 unspecified atom stereocenters. The first-order valence-corrected chi connectivity index (χ1v) is 12.6. The topological polar surface area (TPSA) is 88.8 Å². The van der Waals surface area contributed by atoms with Crippen molar-refractivity contribution >= 4 is 34.5 Å². The van der Waals surface area contributed by atoms with Crippen LogP contribution < -0.4 is 15.6 Å². The molecule has 0 saturated carbocycles. The van der Waals surface area contributed by atoms with Crippen LogP contribution in [-0.4, -0.2) is 18.1 Å². The second kappa shape index (κ2) is 10.2. The third-order valence-corrected chi connectivity index (χ3v) is 6.99. The van der Waals surface area contributed by atoms with Crippen molar-refractivity contribution in [2.75, 3.05) is 10.2 Å². The Labute approximate surface area is 227 Å². The fourth-order valence-corrected chi connectivity index (χ4v) is 5.02. The summed E-state index contributed by atoms with van der Waals surface area (Å²) >= 11 is 0. The molecule has 2 atom stereocenters. The first-order chi connectivity index (χ1) is 18.9. The molecule has 1 aliphatic rings. The Bertz CT molecular complexity index is 1700. The molecule has 0 saturated heterocycles. The van der Waals surface area contributed by atoms with E-state index in [0.29, 0.717) is 29.0 Å². The number of benzene rings is 3. The summed E-state index contributed by atoms with van der Waals surface area (Å²) in [5.41, 5.74) is 3.71. The maximum atomic E-state index is 13.3. The van der Waals surface area contributed by atoms with E-state index < -0.39 is 24.2 Å². The summed E-state index contributed by atoms with van der Waals surface area (Å²) < 4.78 is 48.3. The lowest BCUT2D eigenvalue weighted by molar-refractivity contribution is -0.193. The number of esters is 2. The monoisotopic (exact) mass is 550 g/mol. The second-order valence-electron chi connectivity index (χ2n) is 9.77. The normalized spacial score (nSPS) is 15.6. The minimum absolute atomic E-state index is 0.0152. The second-order valence-corrected chi connectivity index (χ2v) is 9.77. The van der Waals surface area contributed by atoms with Gasteiger partial charge in [0.05, 0.1) is 23.0 Å². The number of hydrogen-bond donors (Lipinski definition) is 1. The zero-order valence-corrected chi connectivity index (χ0v) is 21.8. The lowest BCUT2D eigenvalue weighted by Gasteiger charge is -2.24. The van der Waals surface area contributed by atoms with E-state index in [1.54, 1.807) is 19.1 Å². The van der Waals surface area contributed by atoms with Crippen LogP contribution in [0.1, 0.15) is 58.5 Å². The molecular formula is C30H25F3N2O5. The molecule has 7 nitrogen and oxygen atoms in total. The number of rotatable bonds is 5. The molecule has 0 radical (unpaired) electrons. The smallest absolute Gasteiger partial charge is 0.440 e. The highest BCUT2D eigenvalue weighted by Gasteiger charge is 2.42. The number of ether oxygens (including phenoxy) is 1. The van der Waals surface area contributed by atoms with Crippen molar-refractivity contribution in [3.63, 3.8) is 0 Å². The van der Waals surface area contributed by atoms with Crippen molar-refractivity contribution in [1.29, 1.82) is 0 Å². The van der Waals surface area contributed by atoms with Gasteiger partial charge in [-0.15, -0.1) is 0 Å². The van der Waals surface area contributed by atoms with Crippen molar-refractivity contribution in [3.05, 3.63) is 105 Å². The van der Waals surface area contributed by atoms with E-state index in [4.69, 9.17) is 4.42 Å². The largest absolute Gasteiger partial charge is 0.491 e. The summed E-state index contributed by atoms with van der Waals surface area (Å²) in [6, 6.07) is 18.2. The molecule has 0 amide bonds. The molecule has 10 heteroatoms. The molecule has 206 valence electrons. The predicted molar refractivity (Wildman–Crippen MR) is 143 cm³/mol. The summed E-state index contributed by atoms with van der Waals surface area (Å²) in [7, 11) is 0. The van der Waals surface area contributed by atoms with Gasteiger partial charge in [0.1, 0.15) is 5.58 Å². The summed E-state index contributed by atoms with van der Waals surface area (Å²) in [6.07, 6.45) is -5.31. The Balaban J connectivity index is 1.50. The molecule has 1 aromatic heterocycles. The van der Waals surface area contributed by atoms with E-state index in [1.165, 1.54) is 24.3 Å². The fraction of sp³-hybridized carbons (Fsp3) is 0.233. The van der Waals surface area contributed by atoms with Crippen LogP contribution in [0, 0.1) is 6.92 Å². The summed E-state index contributed by atoms with van der Waals surface area (Å²) in [5, 5.41) is 3.48. The van der Waals surface area contributed by atoms with Gasteiger partial charge in [0.2, 0.25) is 5.88 Å². The molecule has 1 N–H and O–H groups in total. The molecule has 0 aliphatic carbocycles. The summed E-state index contributed by atoms with van der Waals surface area (Å²) in [4.78, 5) is 38.9. The molecule has 5 rings (SSSR count). The van der Waals surface area contributed by atoms with Crippen LogP contribution in [0.3, 0.4) is 0 Å². The van der Waals surface area contributed by atoms with E-state index >= 15 is 0 Å². The van der Waals surface area contributed by atoms with Gasteiger partial charge in [-0.3, -0.25) is 4.79 Å². The van der Waals surface area contributed by atoms with Crippen molar-refractivity contribution in [2.24, 2.45) is 0 Å². The number of anilines is 2. The predicted octanol–water partition coefficient (Wildman–Crippen LogP) is 6.60. The van der Waals surface area contributed by atoms with Crippen LogP contribution in [0.2, 0.25) is 0 Å². The molecule has 0 bridgehead atoms. The van der Waals surface area contributed by atoms with E-state index in [0.717, 1.165) is 16.7 Å². The van der Waals surface area contributed by atoms with Gasteiger partial charge >= 0.3 is 18.1 Å². The summed E-state index contributed by atoms with van der Waals surface area (Å²) in [6.45, 7) is 6.21. The van der Waals surface area contributed by atoms with Gasteiger partial charge in [-0.2, -0.15) is 13.2 Å². The van der Waals surface area contributed by atoms with Gasteiger partial charge in [-0.05, 0) is 55.7 Å². The lowest BCUT2D eigenvalue weighted by atomic mass is 10.0. The van der Waals surface area contributed by atoms with E-state index in [9.17, 15) is 27.6 Å². The van der Waals surface area contributed by atoms with Crippen molar-refractivity contribution < 1.29 is 31.9 Å². The summed E-state index contributed by atoms with van der Waals surface area (Å²) in [5.74, 6) is -3.63. The van der Waals surface area contributed by atoms with E-state index in [-0.39, 0.29) is 22.7 Å². The van der Waals surface area contributed by atoms with Crippen molar-refractivity contribution in [3.8, 4) is 0 Å². The van der Waals surface area contributed by atoms with Crippen LogP contribution in [0.15, 0.2) is 75.9 Å². The fourth-order valence-electron chi connectivity index (χ4n) is 5.02. The number of carbonyl (C=O) groups excluding carboxylic acids is 2. The maximum absolute atomic E-state index is 13.3. The number of para-hydroxylation sites is 1. The Morgan fingerprint density at radius 1 is 1.07 bits per heavy atom. The van der Waals surface area contributed by atoms with Gasteiger partial charge in [-0.1, -0.05) is 42.5 Å². The maximum Gasteiger partial charge on any atom is 0.491 e. The van der Waals surface area contributed by atoms with Crippen LogP contribution >= 0.6 is 0 Å². The number of nitrogens with one attached hydrogen (secondary N) is 1. The zero-order chi connectivity index (χ0) is 28.8. The highest BCUT2D eigenvalue weighted by Crippen LogP contribution is 2.38. The van der Waals surface area contributed by atoms with Crippen LogP contribution in [0.25, 0.3) is 11.0 Å². The Morgan fingerprint density at radius 2 is 1.77 bits per heavy atom. The van der Waals surface area contributed by atoms with E-state index in [2.05, 4.69) is 10.1 Å². The van der Waals surface area contributed by atoms with E-state index in [1.807, 2.05) is 49.1 Å². The highest BCUT2D eigenvalue weighted by molar-refractivity contribution is 6.02. The average molecular weight is 551 g/mol. The first-order valence-electron chi connectivity index (χ1n) is 12.6. The average Bonchev–Trinajstić information content (AvgIpc) is 3.24. The number of alkyl halides is 3. The molecule has 0 spiro atoms. The number of carbonyl (C=O) groups is 2. The number of aryl methyl sites for hydroxylation is 1. The Kier molecular flexibility index (Phi) is 6.87. The molecule has 3 aromatic carbocycles. The SMILES string of the molecule is Cc1cc(C(C)Nc2ccccc2C(=O)OC(=O)C(F)(F)F)c2oc(N3Cc4ccccc4[C@@H]3C)cc(=O)c2c1. The van der Waals surface area contributed by atoms with Crippen molar-refractivity contribution in [1.82, 2.24) is 0 Å². The third-order valence-electron chi connectivity index (χ3n) is 6.99. The molecule has 0 fully saturated rings. The quantitative estimate of drug-likeness (QED) is 0.221.